The molecule has 1 aliphatic rings. The van der Waals surface area contributed by atoms with Crippen LogP contribution in [0.4, 0.5) is 0 Å². The fourth-order valence-electron chi connectivity index (χ4n) is 2.60. The smallest absolute Gasteiger partial charge is 0.266 e. The van der Waals surface area contributed by atoms with Crippen molar-refractivity contribution in [3.05, 3.63) is 0 Å². The van der Waals surface area contributed by atoms with Crippen LogP contribution >= 0.6 is 0 Å². The summed E-state index contributed by atoms with van der Waals surface area (Å²) in [6, 6.07) is 0.384. The zero-order valence-corrected chi connectivity index (χ0v) is 12.3. The van der Waals surface area contributed by atoms with Gasteiger partial charge in [-0.25, -0.2) is 0 Å². The van der Waals surface area contributed by atoms with Gasteiger partial charge in [0.1, 0.15) is 0 Å². The van der Waals surface area contributed by atoms with Crippen molar-refractivity contribution in [2.45, 2.75) is 39.2 Å². The second-order valence-electron chi connectivity index (χ2n) is 4.98. The number of nitrogens with zero attached hydrogens (tertiary/aromatic N) is 2. The summed E-state index contributed by atoms with van der Waals surface area (Å²) >= 11 is 0. The quantitative estimate of drug-likeness (QED) is 0.673. The summed E-state index contributed by atoms with van der Waals surface area (Å²) < 4.78 is 30.5. The lowest BCUT2D eigenvalue weighted by Gasteiger charge is -2.32. The molecule has 0 unspecified atom stereocenters. The van der Waals surface area contributed by atoms with Crippen LogP contribution in [0.3, 0.4) is 0 Å². The van der Waals surface area contributed by atoms with Crippen molar-refractivity contribution in [3.8, 4) is 0 Å². The van der Waals surface area contributed by atoms with Gasteiger partial charge in [-0.2, -0.15) is 8.42 Å². The number of hydrogen-bond donors (Lipinski definition) is 1. The highest BCUT2D eigenvalue weighted by Crippen LogP contribution is 2.12. The predicted molar refractivity (Wildman–Crippen MR) is 73.4 cm³/mol. The lowest BCUT2D eigenvalue weighted by atomic mass is 10.1. The van der Waals surface area contributed by atoms with E-state index in [0.717, 1.165) is 32.6 Å². The third kappa shape index (κ3) is 5.65. The normalized spacial score (nSPS) is 19.6. The minimum atomic E-state index is -3.85. The number of hydrogen-bond acceptors (Lipinski definition) is 4. The summed E-state index contributed by atoms with van der Waals surface area (Å²) in [6.45, 7) is 8.74. The molecule has 0 radical (unpaired) electrons. The highest BCUT2D eigenvalue weighted by atomic mass is 32.2. The molecule has 0 aromatic carbocycles. The maximum atomic E-state index is 10.8. The van der Waals surface area contributed by atoms with Gasteiger partial charge in [0.15, 0.2) is 0 Å². The van der Waals surface area contributed by atoms with Gasteiger partial charge in [0.2, 0.25) is 0 Å². The number of rotatable bonds is 8. The maximum Gasteiger partial charge on any atom is 0.266 e. The third-order valence-electron chi connectivity index (χ3n) is 3.70. The van der Waals surface area contributed by atoms with E-state index in [9.17, 15) is 8.42 Å². The first-order valence-electron chi connectivity index (χ1n) is 6.87. The molecule has 1 N–H and O–H groups in total. The topological polar surface area (TPSA) is 60.9 Å². The Balaban J connectivity index is 2.47. The van der Waals surface area contributed by atoms with Crippen LogP contribution in [0, 0.1) is 0 Å². The summed E-state index contributed by atoms with van der Waals surface area (Å²) in [5.74, 6) is -0.169. The van der Waals surface area contributed by atoms with E-state index in [1.165, 1.54) is 12.8 Å². The zero-order chi connectivity index (χ0) is 13.6. The molecule has 1 rings (SSSR count). The summed E-state index contributed by atoms with van der Waals surface area (Å²) in [6.07, 6.45) is 3.55. The molecule has 18 heavy (non-hydrogen) atoms. The van der Waals surface area contributed by atoms with E-state index in [1.807, 2.05) is 6.92 Å². The Morgan fingerprint density at radius 1 is 1.28 bits per heavy atom. The molecule has 6 heteroatoms. The fourth-order valence-corrected chi connectivity index (χ4v) is 3.06. The first-order valence-corrected chi connectivity index (χ1v) is 8.48. The molecule has 0 aromatic rings. The maximum absolute atomic E-state index is 10.8. The van der Waals surface area contributed by atoms with Crippen molar-refractivity contribution < 1.29 is 13.0 Å². The van der Waals surface area contributed by atoms with E-state index in [4.69, 9.17) is 4.55 Å². The summed E-state index contributed by atoms with van der Waals surface area (Å²) in [5, 5.41) is 0. The average Bonchev–Trinajstić information content (AvgIpc) is 2.79. The molecule has 1 atom stereocenters. The first-order chi connectivity index (χ1) is 8.46. The molecule has 0 amide bonds. The Labute approximate surface area is 111 Å². The lowest BCUT2D eigenvalue weighted by Crippen LogP contribution is -2.44. The standard InChI is InChI=1S/C12H26N2O3S/c1-3-12(11-13-7-5-6-8-13)14(4-2)9-10-18(15,16)17/h12H,3-11H2,1-2H3,(H,15,16,17)/t12-/m0/s1. The van der Waals surface area contributed by atoms with Gasteiger partial charge in [0, 0.05) is 19.1 Å². The van der Waals surface area contributed by atoms with Crippen molar-refractivity contribution in [2.24, 2.45) is 0 Å². The van der Waals surface area contributed by atoms with Gasteiger partial charge >= 0.3 is 0 Å². The summed E-state index contributed by atoms with van der Waals surface area (Å²) in [4.78, 5) is 4.61. The second kappa shape index (κ2) is 7.43. The predicted octanol–water partition coefficient (Wildman–Crippen LogP) is 1.07. The van der Waals surface area contributed by atoms with Gasteiger partial charge in [0.25, 0.3) is 10.1 Å². The molecular formula is C12H26N2O3S. The molecule has 0 bridgehead atoms. The summed E-state index contributed by atoms with van der Waals surface area (Å²) in [7, 11) is -3.85. The van der Waals surface area contributed by atoms with Crippen LogP contribution in [0.15, 0.2) is 0 Å². The van der Waals surface area contributed by atoms with E-state index < -0.39 is 10.1 Å². The number of likely N-dealkylation sites (N-methyl/N-ethyl adjacent to an activating group) is 1. The van der Waals surface area contributed by atoms with Crippen LogP contribution in [-0.4, -0.2) is 67.3 Å². The molecule has 5 nitrogen and oxygen atoms in total. The SMILES string of the molecule is CC[C@@H](CN1CCCC1)N(CC)CCS(=O)(=O)O. The van der Waals surface area contributed by atoms with Crippen LogP contribution in [0.1, 0.15) is 33.1 Å². The Hall–Kier alpha value is -0.170. The largest absolute Gasteiger partial charge is 0.302 e. The second-order valence-corrected chi connectivity index (χ2v) is 6.56. The van der Waals surface area contributed by atoms with Crippen LogP contribution in [-0.2, 0) is 10.1 Å². The van der Waals surface area contributed by atoms with E-state index >= 15 is 0 Å². The Kier molecular flexibility index (Phi) is 6.55. The van der Waals surface area contributed by atoms with Crippen LogP contribution in [0.5, 0.6) is 0 Å². The highest BCUT2D eigenvalue weighted by Gasteiger charge is 2.21. The van der Waals surface area contributed by atoms with Crippen molar-refractivity contribution in [3.63, 3.8) is 0 Å². The van der Waals surface area contributed by atoms with Crippen molar-refractivity contribution >= 4 is 10.1 Å². The molecule has 0 saturated carbocycles. The van der Waals surface area contributed by atoms with Crippen LogP contribution < -0.4 is 0 Å². The van der Waals surface area contributed by atoms with Crippen molar-refractivity contribution in [1.82, 2.24) is 9.80 Å². The lowest BCUT2D eigenvalue weighted by molar-refractivity contribution is 0.159. The monoisotopic (exact) mass is 278 g/mol. The molecule has 0 spiro atoms. The molecule has 108 valence electrons. The molecule has 1 fully saturated rings. The van der Waals surface area contributed by atoms with Gasteiger partial charge in [-0.15, -0.1) is 0 Å². The van der Waals surface area contributed by atoms with Gasteiger partial charge < -0.3 is 4.90 Å². The van der Waals surface area contributed by atoms with Gasteiger partial charge in [0.05, 0.1) is 5.75 Å². The van der Waals surface area contributed by atoms with E-state index in [0.29, 0.717) is 12.6 Å². The van der Waals surface area contributed by atoms with E-state index in [1.54, 1.807) is 0 Å². The number of likely N-dealkylation sites (tertiary alicyclic amines) is 1. The minimum absolute atomic E-state index is 0.169. The minimum Gasteiger partial charge on any atom is -0.302 e. The van der Waals surface area contributed by atoms with Crippen LogP contribution in [0.2, 0.25) is 0 Å². The first kappa shape index (κ1) is 15.9. The highest BCUT2D eigenvalue weighted by molar-refractivity contribution is 7.85. The molecular weight excluding hydrogens is 252 g/mol. The van der Waals surface area contributed by atoms with E-state index in [-0.39, 0.29) is 5.75 Å². The molecule has 0 aliphatic carbocycles. The molecule has 1 heterocycles. The molecule has 1 aliphatic heterocycles. The Morgan fingerprint density at radius 3 is 2.33 bits per heavy atom. The third-order valence-corrected chi connectivity index (χ3v) is 4.40. The van der Waals surface area contributed by atoms with Gasteiger partial charge in [-0.3, -0.25) is 9.45 Å². The Morgan fingerprint density at radius 2 is 1.89 bits per heavy atom. The molecule has 0 aromatic heterocycles. The van der Waals surface area contributed by atoms with Crippen LogP contribution in [0.25, 0.3) is 0 Å². The van der Waals surface area contributed by atoms with Gasteiger partial charge in [-0.05, 0) is 38.9 Å². The zero-order valence-electron chi connectivity index (χ0n) is 11.5. The summed E-state index contributed by atoms with van der Waals surface area (Å²) in [5.41, 5.74) is 0. The van der Waals surface area contributed by atoms with E-state index in [2.05, 4.69) is 16.7 Å². The molecule has 1 saturated heterocycles. The van der Waals surface area contributed by atoms with Crippen molar-refractivity contribution in [1.29, 1.82) is 0 Å². The fraction of sp³-hybridized carbons (Fsp3) is 1.00. The average molecular weight is 278 g/mol. The van der Waals surface area contributed by atoms with Gasteiger partial charge in [-0.1, -0.05) is 13.8 Å². The van der Waals surface area contributed by atoms with Crippen molar-refractivity contribution in [2.75, 3.05) is 38.5 Å². The Bertz CT molecular complexity index is 326.